The molecular weight excluding hydrogens is 724 g/mol. The number of nitrogens with zero attached hydrogens (tertiary/aromatic N) is 4. The lowest BCUT2D eigenvalue weighted by Crippen LogP contribution is -2.36. The minimum Gasteiger partial charge on any atom is -0.367 e. The van der Waals surface area contributed by atoms with E-state index in [9.17, 15) is 9.59 Å². The molecule has 0 saturated carbocycles. The maximum absolute atomic E-state index is 13.4. The number of hydrogen-bond donors (Lipinski definition) is 2. The van der Waals surface area contributed by atoms with Crippen LogP contribution in [-0.4, -0.2) is 42.7 Å². The number of halogens is 2. The van der Waals surface area contributed by atoms with Crippen LogP contribution >= 0.6 is 55.4 Å². The van der Waals surface area contributed by atoms with Crippen LogP contribution < -0.4 is 10.6 Å². The Bertz CT molecular complexity index is 1560. The highest BCUT2D eigenvalue weighted by Crippen LogP contribution is 2.34. The van der Waals surface area contributed by atoms with Crippen molar-refractivity contribution in [1.82, 2.24) is 9.80 Å². The first kappa shape index (κ1) is 30.4. The first-order chi connectivity index (χ1) is 21.4. The van der Waals surface area contributed by atoms with Gasteiger partial charge in [-0.3, -0.25) is 19.4 Å². The number of nitrogens with one attached hydrogen (secondary N) is 2. The summed E-state index contributed by atoms with van der Waals surface area (Å²) in [6.07, 6.45) is 0. The van der Waals surface area contributed by atoms with Crippen LogP contribution in [0.15, 0.2) is 128 Å². The normalized spacial score (nSPS) is 20.1. The fraction of sp³-hybridized carbons (Fsp3) is 0.125. The van der Waals surface area contributed by atoms with Crippen molar-refractivity contribution in [2.75, 3.05) is 10.6 Å². The van der Waals surface area contributed by atoms with Crippen molar-refractivity contribution in [3.8, 4) is 0 Å². The van der Waals surface area contributed by atoms with Gasteiger partial charge in [-0.15, -0.1) is 10.2 Å². The average Bonchev–Trinajstić information content (AvgIpc) is 3.48. The van der Waals surface area contributed by atoms with Crippen LogP contribution in [0.5, 0.6) is 0 Å². The van der Waals surface area contributed by atoms with Gasteiger partial charge in [0.2, 0.25) is 0 Å². The predicted octanol–water partition coefficient (Wildman–Crippen LogP) is 8.84. The third-order valence-corrected chi connectivity index (χ3v) is 9.84. The van der Waals surface area contributed by atoms with Crippen molar-refractivity contribution in [1.29, 1.82) is 0 Å². The summed E-state index contributed by atoms with van der Waals surface area (Å²) in [4.78, 5) is 30.0. The fourth-order valence-electron chi connectivity index (χ4n) is 4.63. The van der Waals surface area contributed by atoms with Crippen LogP contribution in [0.2, 0.25) is 0 Å². The summed E-state index contributed by atoms with van der Waals surface area (Å²) in [5, 5.41) is 15.1. The molecule has 4 aromatic carbocycles. The Kier molecular flexibility index (Phi) is 9.70. The molecule has 222 valence electrons. The molecule has 0 radical (unpaired) electrons. The zero-order chi connectivity index (χ0) is 30.5. The summed E-state index contributed by atoms with van der Waals surface area (Å²) in [7, 11) is 0. The van der Waals surface area contributed by atoms with E-state index in [4.69, 9.17) is 10.2 Å². The molecule has 2 N–H and O–H groups in total. The van der Waals surface area contributed by atoms with E-state index in [0.717, 1.165) is 55.0 Å². The van der Waals surface area contributed by atoms with E-state index in [0.29, 0.717) is 24.8 Å². The quantitative estimate of drug-likeness (QED) is 0.166. The maximum atomic E-state index is 13.4. The Morgan fingerprint density at radius 2 is 0.932 bits per heavy atom. The second-order valence-electron chi connectivity index (χ2n) is 9.89. The molecule has 4 aromatic rings. The minimum atomic E-state index is -0.484. The average molecular weight is 751 g/mol. The van der Waals surface area contributed by atoms with Crippen LogP contribution in [0.25, 0.3) is 0 Å². The summed E-state index contributed by atoms with van der Waals surface area (Å²) in [6, 6.07) is 35.0. The van der Waals surface area contributed by atoms with E-state index in [1.807, 2.05) is 109 Å². The number of amidine groups is 2. The number of carbonyl (C=O) groups is 2. The first-order valence-electron chi connectivity index (χ1n) is 13.7. The molecule has 2 amide bonds. The molecule has 2 aliphatic rings. The second kappa shape index (κ2) is 14.0. The third kappa shape index (κ3) is 7.37. The summed E-state index contributed by atoms with van der Waals surface area (Å²) < 4.78 is 1.91. The summed E-state index contributed by atoms with van der Waals surface area (Å²) >= 11 is 9.25. The van der Waals surface area contributed by atoms with Gasteiger partial charge >= 0.3 is 0 Å². The number of benzene rings is 4. The van der Waals surface area contributed by atoms with Gasteiger partial charge in [-0.1, -0.05) is 92.5 Å². The van der Waals surface area contributed by atoms with E-state index in [-0.39, 0.29) is 10.5 Å². The molecule has 44 heavy (non-hydrogen) atoms. The Morgan fingerprint density at radius 3 is 1.30 bits per heavy atom. The van der Waals surface area contributed by atoms with E-state index in [1.165, 1.54) is 0 Å². The van der Waals surface area contributed by atoms with E-state index < -0.39 is 10.7 Å². The summed E-state index contributed by atoms with van der Waals surface area (Å²) in [5.41, 5.74) is 3.62. The molecule has 12 heteroatoms. The molecule has 6 rings (SSSR count). The van der Waals surface area contributed by atoms with Crippen LogP contribution in [0.3, 0.4) is 0 Å². The molecule has 2 unspecified atom stereocenters. The Hall–Kier alpha value is -3.58. The monoisotopic (exact) mass is 748 g/mol. The third-order valence-electron chi connectivity index (χ3n) is 6.81. The standard InChI is InChI=1S/C32H26Br2N6O2S2/c33-23-11-15-25(16-12-23)35-29-27(39(31(41)43-29)19-21-7-3-1-4-8-21)37-38-28-30(36-26-17-13-24(34)14-18-26)44-32(42)40(28)20-22-9-5-2-6-10-22/h1-18,29-30,35-36H,19-20H2. The topological polar surface area (TPSA) is 89.4 Å². The van der Waals surface area contributed by atoms with Gasteiger partial charge in [-0.2, -0.15) is 0 Å². The van der Waals surface area contributed by atoms with Crippen LogP contribution in [0.4, 0.5) is 21.0 Å². The predicted molar refractivity (Wildman–Crippen MR) is 188 cm³/mol. The number of amides is 2. The highest BCUT2D eigenvalue weighted by Gasteiger charge is 2.40. The van der Waals surface area contributed by atoms with Gasteiger partial charge in [-0.25, -0.2) is 0 Å². The summed E-state index contributed by atoms with van der Waals surface area (Å²) in [6.45, 7) is 0.688. The maximum Gasteiger partial charge on any atom is 0.289 e. The van der Waals surface area contributed by atoms with Crippen molar-refractivity contribution in [2.24, 2.45) is 10.2 Å². The minimum absolute atomic E-state index is 0.134. The Balaban J connectivity index is 1.37. The number of carbonyl (C=O) groups excluding carboxylic acids is 2. The number of thioether (sulfide) groups is 2. The second-order valence-corrected chi connectivity index (χ2v) is 13.8. The van der Waals surface area contributed by atoms with Gasteiger partial charge in [0.05, 0.1) is 13.1 Å². The van der Waals surface area contributed by atoms with Gasteiger partial charge in [0, 0.05) is 20.3 Å². The lowest BCUT2D eigenvalue weighted by atomic mass is 10.2. The van der Waals surface area contributed by atoms with Crippen LogP contribution in [-0.2, 0) is 13.1 Å². The molecule has 2 fully saturated rings. The molecular formula is C32H26Br2N6O2S2. The van der Waals surface area contributed by atoms with E-state index >= 15 is 0 Å². The Morgan fingerprint density at radius 1 is 0.568 bits per heavy atom. The molecule has 0 aliphatic carbocycles. The SMILES string of the molecule is O=C1SC(Nc2ccc(Br)cc2)C(=NN=C2C(Nc3ccc(Br)cc3)SC(=O)N2Cc2ccccc2)N1Cc1ccccc1. The molecule has 0 bridgehead atoms. The largest absolute Gasteiger partial charge is 0.367 e. The fourth-order valence-corrected chi connectivity index (χ4v) is 7.08. The summed E-state index contributed by atoms with van der Waals surface area (Å²) in [5.74, 6) is 0.927. The molecule has 2 saturated heterocycles. The first-order valence-corrected chi connectivity index (χ1v) is 17.0. The van der Waals surface area contributed by atoms with Gasteiger partial charge in [0.25, 0.3) is 10.5 Å². The lowest BCUT2D eigenvalue weighted by molar-refractivity contribution is 0.242. The zero-order valence-corrected chi connectivity index (χ0v) is 27.9. The molecule has 0 spiro atoms. The smallest absolute Gasteiger partial charge is 0.289 e. The van der Waals surface area contributed by atoms with Crippen molar-refractivity contribution in [3.63, 3.8) is 0 Å². The lowest BCUT2D eigenvalue weighted by Gasteiger charge is -2.20. The van der Waals surface area contributed by atoms with Crippen molar-refractivity contribution in [2.45, 2.75) is 23.8 Å². The van der Waals surface area contributed by atoms with Gasteiger partial charge < -0.3 is 10.6 Å². The molecule has 2 heterocycles. The number of rotatable bonds is 9. The van der Waals surface area contributed by atoms with Crippen LogP contribution in [0, 0.1) is 0 Å². The molecule has 2 atom stereocenters. The van der Waals surface area contributed by atoms with Gasteiger partial charge in [0.1, 0.15) is 10.7 Å². The van der Waals surface area contributed by atoms with Crippen molar-refractivity contribution >= 4 is 88.9 Å². The number of hydrogen-bond acceptors (Lipinski definition) is 8. The molecule has 0 aromatic heterocycles. The van der Waals surface area contributed by atoms with Gasteiger partial charge in [-0.05, 0) is 83.2 Å². The Labute approximate surface area is 280 Å². The highest BCUT2D eigenvalue weighted by molar-refractivity contribution is 9.10. The van der Waals surface area contributed by atoms with Crippen LogP contribution in [0.1, 0.15) is 11.1 Å². The van der Waals surface area contributed by atoms with Gasteiger partial charge in [0.15, 0.2) is 11.7 Å². The highest BCUT2D eigenvalue weighted by atomic mass is 79.9. The van der Waals surface area contributed by atoms with E-state index in [1.54, 1.807) is 9.80 Å². The van der Waals surface area contributed by atoms with Crippen molar-refractivity contribution in [3.05, 3.63) is 129 Å². The molecule has 2 aliphatic heterocycles. The number of anilines is 2. The molecule has 8 nitrogen and oxygen atoms in total. The zero-order valence-electron chi connectivity index (χ0n) is 23.1. The van der Waals surface area contributed by atoms with Crippen molar-refractivity contribution < 1.29 is 9.59 Å². The van der Waals surface area contributed by atoms with E-state index in [2.05, 4.69) is 42.5 Å².